The van der Waals surface area contributed by atoms with Gasteiger partial charge in [0, 0.05) is 18.0 Å². The predicted octanol–water partition coefficient (Wildman–Crippen LogP) is 4.44. The minimum Gasteiger partial charge on any atom is -0.271 e. The standard InChI is InChI=1S/C21H28ClFN2O/c1-21(2)20(26)25(24(21)11-14-3-4-17(23)10-18(14)22)19-15-6-12-5-13(8-15)9-16(19)7-12/h3-4,12-13,15-17,19H,5-11H2,1-2H3. The highest BCUT2D eigenvalue weighted by Gasteiger charge is 2.60. The summed E-state index contributed by atoms with van der Waals surface area (Å²) in [6.45, 7) is 4.60. The van der Waals surface area contributed by atoms with E-state index >= 15 is 0 Å². The van der Waals surface area contributed by atoms with Gasteiger partial charge < -0.3 is 0 Å². The van der Waals surface area contributed by atoms with E-state index in [1.54, 1.807) is 6.08 Å². The van der Waals surface area contributed by atoms with Crippen molar-refractivity contribution in [3.8, 4) is 0 Å². The van der Waals surface area contributed by atoms with Gasteiger partial charge in [-0.3, -0.25) is 9.80 Å². The Morgan fingerprint density at radius 1 is 1.15 bits per heavy atom. The molecule has 4 bridgehead atoms. The van der Waals surface area contributed by atoms with E-state index < -0.39 is 11.7 Å². The first kappa shape index (κ1) is 17.2. The molecule has 1 amide bonds. The summed E-state index contributed by atoms with van der Waals surface area (Å²) in [6, 6.07) is 0.365. The lowest BCUT2D eigenvalue weighted by Crippen LogP contribution is -2.79. The number of halogens is 2. The maximum atomic E-state index is 13.5. The van der Waals surface area contributed by atoms with Gasteiger partial charge in [-0.25, -0.2) is 4.39 Å². The molecule has 0 radical (unpaired) electrons. The Bertz CT molecular complexity index is 672. The Morgan fingerprint density at radius 2 is 1.77 bits per heavy atom. The van der Waals surface area contributed by atoms with Gasteiger partial charge in [-0.15, -0.1) is 0 Å². The number of rotatable bonds is 3. The maximum absolute atomic E-state index is 13.5. The van der Waals surface area contributed by atoms with E-state index in [4.69, 9.17) is 11.6 Å². The molecule has 5 heteroatoms. The quantitative estimate of drug-likeness (QED) is 0.724. The zero-order valence-electron chi connectivity index (χ0n) is 15.6. The third kappa shape index (κ3) is 2.44. The molecular weight excluding hydrogens is 351 g/mol. The lowest BCUT2D eigenvalue weighted by Gasteiger charge is -2.65. The van der Waals surface area contributed by atoms with E-state index in [1.807, 2.05) is 19.9 Å². The van der Waals surface area contributed by atoms with Crippen LogP contribution in [-0.4, -0.2) is 40.2 Å². The molecule has 1 heterocycles. The summed E-state index contributed by atoms with van der Waals surface area (Å²) in [7, 11) is 0. The van der Waals surface area contributed by atoms with Crippen molar-refractivity contribution in [2.75, 3.05) is 6.54 Å². The molecular formula is C21H28ClFN2O. The van der Waals surface area contributed by atoms with Crippen LogP contribution in [0.4, 0.5) is 4.39 Å². The monoisotopic (exact) mass is 378 g/mol. The third-order valence-electron chi connectivity index (χ3n) is 7.65. The average molecular weight is 379 g/mol. The van der Waals surface area contributed by atoms with E-state index in [0.717, 1.165) is 17.4 Å². The molecule has 26 heavy (non-hydrogen) atoms. The molecule has 1 aliphatic heterocycles. The van der Waals surface area contributed by atoms with E-state index in [1.165, 1.54) is 32.1 Å². The number of carbonyl (C=O) groups is 1. The van der Waals surface area contributed by atoms with Crippen LogP contribution >= 0.6 is 11.6 Å². The maximum Gasteiger partial charge on any atom is 0.258 e. The average Bonchev–Trinajstić information content (AvgIpc) is 2.57. The number of hydrogen-bond donors (Lipinski definition) is 0. The van der Waals surface area contributed by atoms with Crippen LogP contribution in [0.3, 0.4) is 0 Å². The van der Waals surface area contributed by atoms with Gasteiger partial charge in [0.25, 0.3) is 5.91 Å². The van der Waals surface area contributed by atoms with Crippen molar-refractivity contribution in [3.63, 3.8) is 0 Å². The summed E-state index contributed by atoms with van der Waals surface area (Å²) in [5.74, 6) is 3.36. The fourth-order valence-corrected chi connectivity index (χ4v) is 6.84. The minimum absolute atomic E-state index is 0.245. The predicted molar refractivity (Wildman–Crippen MR) is 100.0 cm³/mol. The third-order valence-corrected chi connectivity index (χ3v) is 8.04. The Labute approximate surface area is 160 Å². The normalized spacial score (nSPS) is 44.0. The van der Waals surface area contributed by atoms with Crippen molar-refractivity contribution in [1.29, 1.82) is 0 Å². The van der Waals surface area contributed by atoms with Crippen LogP contribution in [-0.2, 0) is 4.79 Å². The number of carbonyl (C=O) groups excluding carboxylic acids is 1. The van der Waals surface area contributed by atoms with Crippen LogP contribution in [0.15, 0.2) is 22.8 Å². The van der Waals surface area contributed by atoms with Gasteiger partial charge in [0.15, 0.2) is 0 Å². The van der Waals surface area contributed by atoms with Crippen molar-refractivity contribution in [1.82, 2.24) is 10.0 Å². The molecule has 0 N–H and O–H groups in total. The SMILES string of the molecule is CC1(C)C(=O)N(C2C3CC4CC(C3)CC2C4)N1CC1=C(Cl)CC(F)C=C1. The summed E-state index contributed by atoms with van der Waals surface area (Å²) in [5, 5.41) is 4.89. The van der Waals surface area contributed by atoms with Crippen molar-refractivity contribution in [3.05, 3.63) is 22.8 Å². The highest BCUT2D eigenvalue weighted by atomic mass is 35.5. The van der Waals surface area contributed by atoms with Gasteiger partial charge in [0.05, 0.1) is 6.04 Å². The zero-order chi connectivity index (χ0) is 18.2. The topological polar surface area (TPSA) is 23.6 Å². The van der Waals surface area contributed by atoms with Gasteiger partial charge in [0.1, 0.15) is 11.7 Å². The highest BCUT2D eigenvalue weighted by Crippen LogP contribution is 2.57. The number of nitrogens with zero attached hydrogens (tertiary/aromatic N) is 2. The molecule has 142 valence electrons. The fourth-order valence-electron chi connectivity index (χ4n) is 6.57. The smallest absolute Gasteiger partial charge is 0.258 e. The van der Waals surface area contributed by atoms with Crippen molar-refractivity contribution < 1.29 is 9.18 Å². The zero-order valence-corrected chi connectivity index (χ0v) is 16.4. The second-order valence-electron chi connectivity index (χ2n) is 9.70. The Kier molecular flexibility index (Phi) is 3.85. The van der Waals surface area contributed by atoms with Crippen LogP contribution < -0.4 is 0 Å². The van der Waals surface area contributed by atoms with Crippen LogP contribution in [0.25, 0.3) is 0 Å². The number of allylic oxidation sites excluding steroid dienone is 2. The van der Waals surface area contributed by atoms with E-state index in [9.17, 15) is 9.18 Å². The first-order chi connectivity index (χ1) is 12.3. The molecule has 0 spiro atoms. The molecule has 6 rings (SSSR count). The summed E-state index contributed by atoms with van der Waals surface area (Å²) < 4.78 is 13.5. The van der Waals surface area contributed by atoms with Crippen LogP contribution in [0, 0.1) is 23.7 Å². The van der Waals surface area contributed by atoms with Crippen LogP contribution in [0.5, 0.6) is 0 Å². The summed E-state index contributed by atoms with van der Waals surface area (Å²) >= 11 is 6.34. The molecule has 0 aromatic heterocycles. The highest BCUT2D eigenvalue weighted by molar-refractivity contribution is 6.30. The van der Waals surface area contributed by atoms with E-state index in [0.29, 0.717) is 29.5 Å². The number of amides is 1. The largest absolute Gasteiger partial charge is 0.271 e. The molecule has 1 atom stereocenters. The molecule has 3 nitrogen and oxygen atoms in total. The number of hydrazine groups is 1. The molecule has 1 saturated heterocycles. The van der Waals surface area contributed by atoms with Crippen molar-refractivity contribution >= 4 is 17.5 Å². The van der Waals surface area contributed by atoms with E-state index in [-0.39, 0.29) is 12.3 Å². The lowest BCUT2D eigenvalue weighted by molar-refractivity contribution is -0.245. The molecule has 0 aromatic rings. The van der Waals surface area contributed by atoms with Crippen LogP contribution in [0.1, 0.15) is 52.4 Å². The number of alkyl halides is 1. The second kappa shape index (κ2) is 5.81. The first-order valence-corrected chi connectivity index (χ1v) is 10.5. The van der Waals surface area contributed by atoms with Gasteiger partial charge in [0.2, 0.25) is 0 Å². The van der Waals surface area contributed by atoms with Gasteiger partial charge in [-0.1, -0.05) is 17.7 Å². The Hall–Kier alpha value is -0.870. The second-order valence-corrected chi connectivity index (χ2v) is 10.2. The Balaban J connectivity index is 1.41. The van der Waals surface area contributed by atoms with Gasteiger partial charge in [-0.05, 0) is 81.3 Å². The van der Waals surface area contributed by atoms with Crippen molar-refractivity contribution in [2.45, 2.75) is 70.1 Å². The first-order valence-electron chi connectivity index (χ1n) is 10.2. The fraction of sp³-hybridized carbons (Fsp3) is 0.762. The van der Waals surface area contributed by atoms with E-state index in [2.05, 4.69) is 10.0 Å². The molecule has 5 aliphatic carbocycles. The summed E-state index contributed by atoms with van der Waals surface area (Å²) in [6.07, 6.45) is 9.26. The lowest BCUT2D eigenvalue weighted by atomic mass is 9.53. The molecule has 6 aliphatic rings. The molecule has 1 unspecified atom stereocenters. The number of hydrogen-bond acceptors (Lipinski definition) is 2. The van der Waals surface area contributed by atoms with Crippen molar-refractivity contribution in [2.24, 2.45) is 23.7 Å². The molecule has 0 aromatic carbocycles. The van der Waals surface area contributed by atoms with Gasteiger partial charge in [-0.2, -0.15) is 5.01 Å². The van der Waals surface area contributed by atoms with Gasteiger partial charge >= 0.3 is 0 Å². The molecule has 5 fully saturated rings. The van der Waals surface area contributed by atoms with Crippen LogP contribution in [0.2, 0.25) is 0 Å². The molecule has 4 saturated carbocycles. The summed E-state index contributed by atoms with van der Waals surface area (Å²) in [5.41, 5.74) is 0.453. The summed E-state index contributed by atoms with van der Waals surface area (Å²) in [4.78, 5) is 13.0. The Morgan fingerprint density at radius 3 is 2.35 bits per heavy atom. The minimum atomic E-state index is -0.988.